The predicted molar refractivity (Wildman–Crippen MR) is 193 cm³/mol. The number of esters is 2. The van der Waals surface area contributed by atoms with Crippen LogP contribution in [0, 0.1) is 0 Å². The Morgan fingerprint density at radius 2 is 1.06 bits per heavy atom. The van der Waals surface area contributed by atoms with E-state index < -0.39 is 41.9 Å². The maximum absolute atomic E-state index is 13.2. The van der Waals surface area contributed by atoms with Gasteiger partial charge in [-0.1, -0.05) is 121 Å². The van der Waals surface area contributed by atoms with Gasteiger partial charge < -0.3 is 30.2 Å². The summed E-state index contributed by atoms with van der Waals surface area (Å²) in [5, 5.41) is 7.78. The lowest BCUT2D eigenvalue weighted by Crippen LogP contribution is -2.50. The summed E-state index contributed by atoms with van der Waals surface area (Å²) in [5.74, 6) is -1.69. The van der Waals surface area contributed by atoms with Gasteiger partial charge in [-0.2, -0.15) is 11.8 Å². The second-order valence-electron chi connectivity index (χ2n) is 11.4. The van der Waals surface area contributed by atoms with Crippen LogP contribution in [0.3, 0.4) is 0 Å². The van der Waals surface area contributed by atoms with E-state index in [4.69, 9.17) is 14.2 Å². The van der Waals surface area contributed by atoms with Crippen molar-refractivity contribution in [2.45, 2.75) is 50.5 Å². The third-order valence-corrected chi connectivity index (χ3v) is 8.48. The van der Waals surface area contributed by atoms with E-state index in [9.17, 15) is 24.0 Å². The Hall–Kier alpha value is -5.62. The molecular weight excluding hydrogens is 673 g/mol. The molecule has 0 bridgehead atoms. The molecule has 4 rings (SSSR count). The van der Waals surface area contributed by atoms with E-state index in [1.165, 1.54) is 11.8 Å². The van der Waals surface area contributed by atoms with Gasteiger partial charge in [-0.15, -0.1) is 0 Å². The smallest absolute Gasteiger partial charge is 0.408 e. The first kappa shape index (κ1) is 38.2. The average Bonchev–Trinajstić information content (AvgIpc) is 3.17. The molecule has 2 unspecified atom stereocenters. The Labute approximate surface area is 301 Å². The van der Waals surface area contributed by atoms with Crippen LogP contribution >= 0.6 is 11.8 Å². The number of nitrogens with one attached hydrogen (secondary N) is 3. The molecule has 0 spiro atoms. The number of thioether (sulfide) groups is 1. The van der Waals surface area contributed by atoms with Crippen LogP contribution in [-0.2, 0) is 59.0 Å². The van der Waals surface area contributed by atoms with Gasteiger partial charge in [-0.3, -0.25) is 14.4 Å². The SMILES string of the molecule is O=C(CCC(NC(=O)OCc1ccccc1)C(=O)OCc1ccccc1)NC(CSCc1ccccc1)C(=O)[15NH][13CH2][13C](=O)OCc1ccccc1. The number of amides is 3. The van der Waals surface area contributed by atoms with Gasteiger partial charge in [0, 0.05) is 17.9 Å². The highest BCUT2D eigenvalue weighted by molar-refractivity contribution is 7.98. The molecule has 3 amide bonds. The predicted octanol–water partition coefficient (Wildman–Crippen LogP) is 5.08. The summed E-state index contributed by atoms with van der Waals surface area (Å²) in [4.78, 5) is 64.5. The van der Waals surface area contributed by atoms with Gasteiger partial charge in [0.2, 0.25) is 11.8 Å². The van der Waals surface area contributed by atoms with Gasteiger partial charge in [-0.25, -0.2) is 9.59 Å². The normalized spacial score (nSPS) is 11.7. The van der Waals surface area contributed by atoms with Gasteiger partial charge in [-0.05, 0) is 28.7 Å². The van der Waals surface area contributed by atoms with Crippen molar-refractivity contribution in [3.8, 4) is 0 Å². The van der Waals surface area contributed by atoms with E-state index in [1.54, 1.807) is 24.3 Å². The Bertz CT molecular complexity index is 1680. The van der Waals surface area contributed by atoms with E-state index in [2.05, 4.69) is 16.0 Å². The fourth-order valence-corrected chi connectivity index (χ4v) is 5.67. The van der Waals surface area contributed by atoms with Crippen LogP contribution in [0.2, 0.25) is 0 Å². The number of hydrogen-bond donors (Lipinski definition) is 3. The molecule has 0 saturated heterocycles. The van der Waals surface area contributed by atoms with Crippen LogP contribution in [0.1, 0.15) is 35.1 Å². The summed E-state index contributed by atoms with van der Waals surface area (Å²) in [5.41, 5.74) is 3.36. The second-order valence-corrected chi connectivity index (χ2v) is 12.4. The summed E-state index contributed by atoms with van der Waals surface area (Å²) in [6.45, 7) is -0.370. The molecule has 2 atom stereocenters. The van der Waals surface area contributed by atoms with Crippen molar-refractivity contribution in [2.24, 2.45) is 0 Å². The summed E-state index contributed by atoms with van der Waals surface area (Å²) in [6, 6.07) is 34.7. The van der Waals surface area contributed by atoms with E-state index in [-0.39, 0.29) is 45.0 Å². The molecule has 0 heterocycles. The zero-order chi connectivity index (χ0) is 36.1. The molecule has 266 valence electrons. The number of carbonyl (C=O) groups excluding carboxylic acids is 5. The number of benzene rings is 4. The minimum absolute atomic E-state index is 0.0177. The van der Waals surface area contributed by atoms with E-state index in [0.717, 1.165) is 22.3 Å². The average molecular weight is 715 g/mol. The quantitative estimate of drug-likeness (QED) is 0.0523. The molecule has 0 radical (unpaired) electrons. The third kappa shape index (κ3) is 14.8. The molecule has 0 aromatic heterocycles. The molecule has 51 heavy (non-hydrogen) atoms. The van der Waals surface area contributed by atoms with Gasteiger partial charge in [0.05, 0.1) is 0 Å². The third-order valence-electron chi connectivity index (χ3n) is 7.37. The second kappa shape index (κ2) is 21.5. The van der Waals surface area contributed by atoms with Crippen LogP contribution in [0.15, 0.2) is 121 Å². The summed E-state index contributed by atoms with van der Waals surface area (Å²) >= 11 is 1.43. The Balaban J connectivity index is 1.34. The van der Waals surface area contributed by atoms with Crippen molar-refractivity contribution >= 4 is 41.6 Å². The molecule has 0 fully saturated rings. The Morgan fingerprint density at radius 1 is 0.569 bits per heavy atom. The van der Waals surface area contributed by atoms with Crippen molar-refractivity contribution in [3.05, 3.63) is 144 Å². The number of carbonyl (C=O) groups is 5. The highest BCUT2D eigenvalue weighted by atomic mass is 32.2. The highest BCUT2D eigenvalue weighted by Gasteiger charge is 2.26. The first-order chi connectivity index (χ1) is 24.9. The van der Waals surface area contributed by atoms with Crippen molar-refractivity contribution in [3.63, 3.8) is 0 Å². The number of alkyl carbamates (subject to hydrolysis) is 1. The molecule has 3 N–H and O–H groups in total. The molecule has 0 aliphatic heterocycles. The summed E-state index contributed by atoms with van der Waals surface area (Å²) in [6.07, 6.45) is -1.21. The van der Waals surface area contributed by atoms with E-state index in [1.807, 2.05) is 97.1 Å². The lowest BCUT2D eigenvalue weighted by molar-refractivity contribution is -0.147. The van der Waals surface area contributed by atoms with Crippen LogP contribution in [-0.4, -0.2) is 54.2 Å². The summed E-state index contributed by atoms with van der Waals surface area (Å²) in [7, 11) is 0. The van der Waals surface area contributed by atoms with Crippen molar-refractivity contribution in [1.82, 2.24) is 16.0 Å². The van der Waals surface area contributed by atoms with Gasteiger partial charge >= 0.3 is 18.0 Å². The molecular formula is C39H41N3O8S. The zero-order valence-electron chi connectivity index (χ0n) is 28.0. The standard InChI is InChI=1S/C39H41N3O8S/c43-35(22-21-33(38(46)49-25-30-15-7-2-8-16-30)42-39(47)50-26-31-17-9-3-10-18-31)41-34(28-51-27-32-19-11-4-12-20-32)37(45)40-23-36(44)48-24-29-13-5-1-6-14-29/h1-20,33-34H,21-28H2,(H,40,45)(H,41,43)(H,42,47)/i23+1,36+1,40+1. The zero-order valence-corrected chi connectivity index (χ0v) is 28.8. The fraction of sp³-hybridized carbons (Fsp3) is 0.256. The van der Waals surface area contributed by atoms with Crippen molar-refractivity contribution < 1.29 is 38.2 Å². The maximum atomic E-state index is 13.2. The van der Waals surface area contributed by atoms with Crippen LogP contribution in [0.25, 0.3) is 0 Å². The molecule has 11 nitrogen and oxygen atoms in total. The first-order valence-corrected chi connectivity index (χ1v) is 17.6. The lowest BCUT2D eigenvalue weighted by Gasteiger charge is -2.20. The van der Waals surface area contributed by atoms with Crippen molar-refractivity contribution in [2.75, 3.05) is 12.3 Å². The first-order valence-electron chi connectivity index (χ1n) is 16.4. The Morgan fingerprint density at radius 3 is 1.61 bits per heavy atom. The van der Waals surface area contributed by atoms with E-state index >= 15 is 0 Å². The maximum Gasteiger partial charge on any atom is 0.408 e. The van der Waals surface area contributed by atoms with E-state index in [0.29, 0.717) is 5.75 Å². The largest absolute Gasteiger partial charge is 0.460 e. The fourth-order valence-electron chi connectivity index (χ4n) is 4.65. The minimum atomic E-state index is -1.21. The molecule has 0 aliphatic carbocycles. The van der Waals surface area contributed by atoms with Crippen LogP contribution in [0.5, 0.6) is 0 Å². The lowest BCUT2D eigenvalue weighted by atomic mass is 10.1. The topological polar surface area (TPSA) is 149 Å². The number of hydrogen-bond acceptors (Lipinski definition) is 9. The molecule has 4 aromatic rings. The van der Waals surface area contributed by atoms with Gasteiger partial charge in [0.1, 0.15) is 38.4 Å². The molecule has 0 saturated carbocycles. The van der Waals surface area contributed by atoms with Crippen molar-refractivity contribution in [1.29, 1.82) is 0 Å². The highest BCUT2D eigenvalue weighted by Crippen LogP contribution is 2.14. The number of ether oxygens (including phenoxy) is 3. The number of rotatable bonds is 19. The molecule has 12 heteroatoms. The molecule has 0 aliphatic rings. The van der Waals surface area contributed by atoms with Crippen LogP contribution < -0.4 is 16.0 Å². The van der Waals surface area contributed by atoms with Gasteiger partial charge in [0.25, 0.3) is 0 Å². The van der Waals surface area contributed by atoms with Crippen LogP contribution in [0.4, 0.5) is 4.79 Å². The summed E-state index contributed by atoms with van der Waals surface area (Å²) < 4.78 is 16.0. The minimum Gasteiger partial charge on any atom is -0.460 e. The monoisotopic (exact) mass is 714 g/mol. The van der Waals surface area contributed by atoms with Gasteiger partial charge in [0.15, 0.2) is 0 Å². The Kier molecular flexibility index (Phi) is 16.1. The molecule has 4 aromatic carbocycles.